The molecule has 0 aromatic heterocycles. The minimum Gasteiger partial charge on any atom is -0.508 e. The first-order valence-corrected chi connectivity index (χ1v) is 5.60. The number of para-hydroxylation sites is 1. The maximum Gasteiger partial charge on any atom is 0.121 e. The zero-order chi connectivity index (χ0) is 13.0. The van der Waals surface area contributed by atoms with Crippen molar-refractivity contribution in [3.05, 3.63) is 65.7 Å². The third-order valence-electron chi connectivity index (χ3n) is 2.62. The number of hydrogen-bond acceptors (Lipinski definition) is 3. The monoisotopic (exact) mass is 242 g/mol. The highest BCUT2D eigenvalue weighted by Gasteiger charge is 2.07. The normalized spacial score (nSPS) is 12.7. The number of benzene rings is 2. The average molecular weight is 242 g/mol. The highest BCUT2D eigenvalue weighted by molar-refractivity contribution is 5.52. The largest absolute Gasteiger partial charge is 0.508 e. The third kappa shape index (κ3) is 2.90. The molecule has 0 aliphatic rings. The first-order chi connectivity index (χ1) is 8.66. The molecule has 3 N–H and O–H groups in total. The second kappa shape index (κ2) is 5.38. The summed E-state index contributed by atoms with van der Waals surface area (Å²) < 4.78 is 0. The van der Waals surface area contributed by atoms with E-state index in [9.17, 15) is 10.2 Å². The number of aliphatic hydroxyl groups excluding tert-OH is 1. The molecule has 1 atom stereocenters. The van der Waals surface area contributed by atoms with Crippen LogP contribution in [0.15, 0.2) is 54.6 Å². The van der Waals surface area contributed by atoms with Gasteiger partial charge in [0.05, 0.1) is 0 Å². The van der Waals surface area contributed by atoms with Crippen LogP contribution in [0.25, 0.3) is 6.08 Å². The highest BCUT2D eigenvalue weighted by atomic mass is 16.3. The van der Waals surface area contributed by atoms with Crippen LogP contribution in [-0.2, 0) is 0 Å². The van der Waals surface area contributed by atoms with Crippen molar-refractivity contribution >= 4 is 6.08 Å². The number of phenolic OH excluding ortho intramolecular Hbond substituents is 2. The quantitative estimate of drug-likeness (QED) is 0.775. The van der Waals surface area contributed by atoms with E-state index in [0.29, 0.717) is 5.56 Å². The average Bonchev–Trinajstić information content (AvgIpc) is 2.38. The number of aromatic hydroxyl groups is 2. The van der Waals surface area contributed by atoms with Gasteiger partial charge in [-0.05, 0) is 23.8 Å². The predicted molar refractivity (Wildman–Crippen MR) is 70.2 cm³/mol. The molecule has 92 valence electrons. The molecule has 0 saturated carbocycles. The molecule has 0 aliphatic heterocycles. The van der Waals surface area contributed by atoms with Gasteiger partial charge in [0, 0.05) is 5.56 Å². The fourth-order valence-corrected chi connectivity index (χ4v) is 1.63. The Hall–Kier alpha value is -2.26. The SMILES string of the molecule is Oc1ccc(/C=C/C(O)c2ccccc2O)cc1. The lowest BCUT2D eigenvalue weighted by atomic mass is 10.1. The van der Waals surface area contributed by atoms with Crippen LogP contribution in [0.4, 0.5) is 0 Å². The molecule has 3 heteroatoms. The Bertz CT molecular complexity index is 544. The van der Waals surface area contributed by atoms with E-state index < -0.39 is 6.10 Å². The Kier molecular flexibility index (Phi) is 3.65. The molecule has 0 heterocycles. The van der Waals surface area contributed by atoms with Crippen LogP contribution in [0.3, 0.4) is 0 Å². The standard InChI is InChI=1S/C15H14O3/c16-12-8-5-11(6-9-12)7-10-15(18)13-3-1-2-4-14(13)17/h1-10,15-18H/b10-7+. The summed E-state index contributed by atoms with van der Waals surface area (Å²) in [5, 5.41) is 28.7. The molecule has 0 amide bonds. The van der Waals surface area contributed by atoms with Crippen molar-refractivity contribution in [3.8, 4) is 11.5 Å². The summed E-state index contributed by atoms with van der Waals surface area (Å²) in [6.07, 6.45) is 2.46. The lowest BCUT2D eigenvalue weighted by Crippen LogP contribution is -1.92. The lowest BCUT2D eigenvalue weighted by molar-refractivity contribution is 0.224. The van der Waals surface area contributed by atoms with Gasteiger partial charge in [-0.2, -0.15) is 0 Å². The number of rotatable bonds is 3. The molecule has 2 aromatic carbocycles. The molecule has 0 fully saturated rings. The van der Waals surface area contributed by atoms with Gasteiger partial charge in [-0.15, -0.1) is 0 Å². The Morgan fingerprint density at radius 1 is 0.889 bits per heavy atom. The van der Waals surface area contributed by atoms with E-state index in [1.54, 1.807) is 54.6 Å². The van der Waals surface area contributed by atoms with Crippen molar-refractivity contribution < 1.29 is 15.3 Å². The lowest BCUT2D eigenvalue weighted by Gasteiger charge is -2.07. The predicted octanol–water partition coefficient (Wildman–Crippen LogP) is 2.84. The van der Waals surface area contributed by atoms with Crippen molar-refractivity contribution in [3.63, 3.8) is 0 Å². The Balaban J connectivity index is 2.14. The van der Waals surface area contributed by atoms with Crippen molar-refractivity contribution in [2.24, 2.45) is 0 Å². The summed E-state index contributed by atoms with van der Waals surface area (Å²) in [6, 6.07) is 13.3. The maximum absolute atomic E-state index is 9.92. The Morgan fingerprint density at radius 2 is 1.56 bits per heavy atom. The molecule has 0 aliphatic carbocycles. The number of phenols is 2. The van der Waals surface area contributed by atoms with Gasteiger partial charge in [0.15, 0.2) is 0 Å². The van der Waals surface area contributed by atoms with E-state index in [1.165, 1.54) is 6.07 Å². The van der Waals surface area contributed by atoms with Crippen LogP contribution in [0, 0.1) is 0 Å². The summed E-state index contributed by atoms with van der Waals surface area (Å²) in [6.45, 7) is 0. The molecular weight excluding hydrogens is 228 g/mol. The van der Waals surface area contributed by atoms with Crippen LogP contribution in [0.1, 0.15) is 17.2 Å². The van der Waals surface area contributed by atoms with Gasteiger partial charge in [-0.1, -0.05) is 42.5 Å². The Morgan fingerprint density at radius 3 is 2.22 bits per heavy atom. The van der Waals surface area contributed by atoms with Crippen molar-refractivity contribution in [1.82, 2.24) is 0 Å². The van der Waals surface area contributed by atoms with Gasteiger partial charge < -0.3 is 15.3 Å². The summed E-state index contributed by atoms with van der Waals surface area (Å²) in [5.74, 6) is 0.272. The molecule has 0 radical (unpaired) electrons. The van der Waals surface area contributed by atoms with E-state index in [-0.39, 0.29) is 11.5 Å². The summed E-state index contributed by atoms with van der Waals surface area (Å²) in [5.41, 5.74) is 1.33. The first kappa shape index (κ1) is 12.2. The van der Waals surface area contributed by atoms with Crippen LogP contribution < -0.4 is 0 Å². The van der Waals surface area contributed by atoms with Gasteiger partial charge in [0.25, 0.3) is 0 Å². The summed E-state index contributed by atoms with van der Waals surface area (Å²) in [4.78, 5) is 0. The molecular formula is C15H14O3. The highest BCUT2D eigenvalue weighted by Crippen LogP contribution is 2.25. The zero-order valence-electron chi connectivity index (χ0n) is 9.69. The van der Waals surface area contributed by atoms with Gasteiger partial charge in [-0.25, -0.2) is 0 Å². The topological polar surface area (TPSA) is 60.7 Å². The molecule has 0 saturated heterocycles. The third-order valence-corrected chi connectivity index (χ3v) is 2.62. The molecule has 2 rings (SSSR count). The molecule has 0 spiro atoms. The summed E-state index contributed by atoms with van der Waals surface area (Å²) >= 11 is 0. The minimum absolute atomic E-state index is 0.0698. The second-order valence-electron chi connectivity index (χ2n) is 3.95. The van der Waals surface area contributed by atoms with Crippen molar-refractivity contribution in [2.75, 3.05) is 0 Å². The van der Waals surface area contributed by atoms with Crippen LogP contribution in [0.2, 0.25) is 0 Å². The second-order valence-corrected chi connectivity index (χ2v) is 3.95. The van der Waals surface area contributed by atoms with E-state index >= 15 is 0 Å². The molecule has 2 aromatic rings. The van der Waals surface area contributed by atoms with Crippen LogP contribution in [0.5, 0.6) is 11.5 Å². The summed E-state index contributed by atoms with van der Waals surface area (Å²) in [7, 11) is 0. The first-order valence-electron chi connectivity index (χ1n) is 5.60. The minimum atomic E-state index is -0.861. The van der Waals surface area contributed by atoms with Crippen LogP contribution in [-0.4, -0.2) is 15.3 Å². The molecule has 3 nitrogen and oxygen atoms in total. The van der Waals surface area contributed by atoms with Gasteiger partial charge in [0.2, 0.25) is 0 Å². The van der Waals surface area contributed by atoms with Crippen molar-refractivity contribution in [1.29, 1.82) is 0 Å². The molecule has 18 heavy (non-hydrogen) atoms. The number of hydrogen-bond donors (Lipinski definition) is 3. The fourth-order valence-electron chi connectivity index (χ4n) is 1.63. The smallest absolute Gasteiger partial charge is 0.121 e. The van der Waals surface area contributed by atoms with E-state index in [0.717, 1.165) is 5.56 Å². The van der Waals surface area contributed by atoms with E-state index in [2.05, 4.69) is 0 Å². The van der Waals surface area contributed by atoms with E-state index in [1.807, 2.05) is 0 Å². The molecule has 0 bridgehead atoms. The molecule has 1 unspecified atom stereocenters. The van der Waals surface area contributed by atoms with Crippen LogP contribution >= 0.6 is 0 Å². The Labute approximate surface area is 105 Å². The van der Waals surface area contributed by atoms with Gasteiger partial charge in [0.1, 0.15) is 17.6 Å². The zero-order valence-corrected chi connectivity index (χ0v) is 9.69. The maximum atomic E-state index is 9.92. The van der Waals surface area contributed by atoms with Gasteiger partial charge in [-0.3, -0.25) is 0 Å². The van der Waals surface area contributed by atoms with Crippen molar-refractivity contribution in [2.45, 2.75) is 6.10 Å². The fraction of sp³-hybridized carbons (Fsp3) is 0.0667. The number of aliphatic hydroxyl groups is 1. The van der Waals surface area contributed by atoms with E-state index in [4.69, 9.17) is 5.11 Å². The van der Waals surface area contributed by atoms with Gasteiger partial charge >= 0.3 is 0 Å².